The van der Waals surface area contributed by atoms with Crippen LogP contribution >= 0.6 is 27.5 Å². The molecule has 2 aromatic rings. The summed E-state index contributed by atoms with van der Waals surface area (Å²) in [7, 11) is 0. The van der Waals surface area contributed by atoms with Gasteiger partial charge in [-0.3, -0.25) is 9.59 Å². The van der Waals surface area contributed by atoms with Crippen LogP contribution in [0, 0.1) is 5.92 Å². The molecule has 0 unspecified atom stereocenters. The van der Waals surface area contributed by atoms with Gasteiger partial charge in [0.1, 0.15) is 6.04 Å². The summed E-state index contributed by atoms with van der Waals surface area (Å²) in [6, 6.07) is 13.3. The molecule has 24 heavy (non-hydrogen) atoms. The van der Waals surface area contributed by atoms with Gasteiger partial charge in [0.05, 0.1) is 5.56 Å². The minimum absolute atomic E-state index is 0.0660. The van der Waals surface area contributed by atoms with E-state index in [1.165, 1.54) is 0 Å². The highest BCUT2D eigenvalue weighted by molar-refractivity contribution is 9.10. The topological polar surface area (TPSA) is 58.2 Å². The van der Waals surface area contributed by atoms with E-state index in [2.05, 4.69) is 26.6 Å². The Bertz CT molecular complexity index is 732. The minimum atomic E-state index is -0.653. The number of anilines is 1. The van der Waals surface area contributed by atoms with Gasteiger partial charge in [-0.05, 0) is 58.2 Å². The molecule has 6 heteroatoms. The third-order valence-corrected chi connectivity index (χ3v) is 4.41. The quantitative estimate of drug-likeness (QED) is 0.764. The molecule has 0 aliphatic carbocycles. The smallest absolute Gasteiger partial charge is 0.253 e. The Balaban J connectivity index is 2.11. The van der Waals surface area contributed by atoms with Crippen molar-refractivity contribution in [2.45, 2.75) is 19.9 Å². The Morgan fingerprint density at radius 2 is 1.67 bits per heavy atom. The second kappa shape index (κ2) is 8.31. The predicted molar refractivity (Wildman–Crippen MR) is 100 cm³/mol. The molecular weight excluding hydrogens is 392 g/mol. The van der Waals surface area contributed by atoms with Crippen LogP contribution in [-0.4, -0.2) is 17.9 Å². The zero-order valence-electron chi connectivity index (χ0n) is 13.3. The maximum atomic E-state index is 12.5. The van der Waals surface area contributed by atoms with E-state index in [1.54, 1.807) is 42.5 Å². The molecular formula is C18H18BrClN2O2. The fourth-order valence-electron chi connectivity index (χ4n) is 2.15. The number of rotatable bonds is 5. The molecule has 126 valence electrons. The van der Waals surface area contributed by atoms with E-state index in [-0.39, 0.29) is 17.7 Å². The molecule has 4 nitrogen and oxygen atoms in total. The zero-order valence-corrected chi connectivity index (χ0v) is 15.7. The highest BCUT2D eigenvalue weighted by atomic mass is 79.9. The first kappa shape index (κ1) is 18.5. The van der Waals surface area contributed by atoms with E-state index in [0.29, 0.717) is 20.7 Å². The third kappa shape index (κ3) is 4.82. The van der Waals surface area contributed by atoms with Crippen molar-refractivity contribution in [2.75, 3.05) is 5.32 Å². The van der Waals surface area contributed by atoms with Crippen LogP contribution in [0.25, 0.3) is 0 Å². The molecule has 0 spiro atoms. The fourth-order valence-corrected chi connectivity index (χ4v) is 2.74. The van der Waals surface area contributed by atoms with Gasteiger partial charge in [0.15, 0.2) is 0 Å². The number of carbonyl (C=O) groups excluding carboxylic acids is 2. The van der Waals surface area contributed by atoms with Crippen molar-refractivity contribution < 1.29 is 9.59 Å². The Hall–Kier alpha value is -1.85. The number of nitrogens with one attached hydrogen (secondary N) is 2. The van der Waals surface area contributed by atoms with Crippen LogP contribution in [0.15, 0.2) is 53.0 Å². The maximum absolute atomic E-state index is 12.5. The molecule has 0 aliphatic heterocycles. The fraction of sp³-hybridized carbons (Fsp3) is 0.222. The van der Waals surface area contributed by atoms with Crippen molar-refractivity contribution in [3.63, 3.8) is 0 Å². The zero-order chi connectivity index (χ0) is 17.7. The third-order valence-electron chi connectivity index (χ3n) is 3.47. The van der Waals surface area contributed by atoms with Crippen molar-refractivity contribution in [3.8, 4) is 0 Å². The van der Waals surface area contributed by atoms with E-state index >= 15 is 0 Å². The van der Waals surface area contributed by atoms with Gasteiger partial charge in [0.25, 0.3) is 5.91 Å². The lowest BCUT2D eigenvalue weighted by atomic mass is 10.0. The average Bonchev–Trinajstić information content (AvgIpc) is 2.54. The predicted octanol–water partition coefficient (Wildman–Crippen LogP) is 4.50. The van der Waals surface area contributed by atoms with Crippen molar-refractivity contribution in [1.29, 1.82) is 0 Å². The summed E-state index contributed by atoms with van der Waals surface area (Å²) in [5, 5.41) is 6.19. The van der Waals surface area contributed by atoms with Crippen LogP contribution in [0.4, 0.5) is 5.69 Å². The van der Waals surface area contributed by atoms with Crippen molar-refractivity contribution in [2.24, 2.45) is 5.92 Å². The largest absolute Gasteiger partial charge is 0.340 e. The van der Waals surface area contributed by atoms with Gasteiger partial charge in [0, 0.05) is 15.2 Å². The molecule has 0 radical (unpaired) electrons. The summed E-state index contributed by atoms with van der Waals surface area (Å²) in [4.78, 5) is 25.0. The average molecular weight is 410 g/mol. The summed E-state index contributed by atoms with van der Waals surface area (Å²) in [6.45, 7) is 3.76. The summed E-state index contributed by atoms with van der Waals surface area (Å²) in [6.07, 6.45) is 0. The molecule has 1 atom stereocenters. The molecule has 0 heterocycles. The first-order valence-corrected chi connectivity index (χ1v) is 8.67. The van der Waals surface area contributed by atoms with Gasteiger partial charge >= 0.3 is 0 Å². The van der Waals surface area contributed by atoms with E-state index in [0.717, 1.165) is 0 Å². The second-order valence-electron chi connectivity index (χ2n) is 5.67. The Labute approximate surface area is 154 Å². The van der Waals surface area contributed by atoms with Crippen molar-refractivity contribution in [1.82, 2.24) is 5.32 Å². The van der Waals surface area contributed by atoms with Gasteiger partial charge < -0.3 is 10.6 Å². The molecule has 0 fully saturated rings. The number of halogens is 2. The van der Waals surface area contributed by atoms with E-state index in [4.69, 9.17) is 11.6 Å². The summed E-state index contributed by atoms with van der Waals surface area (Å²) >= 11 is 9.19. The lowest BCUT2D eigenvalue weighted by Gasteiger charge is -2.22. The highest BCUT2D eigenvalue weighted by Crippen LogP contribution is 2.17. The van der Waals surface area contributed by atoms with Crippen LogP contribution in [0.1, 0.15) is 24.2 Å². The second-order valence-corrected chi connectivity index (χ2v) is 6.96. The maximum Gasteiger partial charge on any atom is 0.253 e. The van der Waals surface area contributed by atoms with Crippen LogP contribution in [0.5, 0.6) is 0 Å². The molecule has 2 amide bonds. The molecule has 2 rings (SSSR count). The van der Waals surface area contributed by atoms with Gasteiger partial charge in [0.2, 0.25) is 5.91 Å². The van der Waals surface area contributed by atoms with Crippen LogP contribution in [0.2, 0.25) is 5.02 Å². The molecule has 0 aromatic heterocycles. The molecule has 2 aromatic carbocycles. The van der Waals surface area contributed by atoms with Crippen LogP contribution < -0.4 is 10.6 Å². The van der Waals surface area contributed by atoms with Gasteiger partial charge in [-0.15, -0.1) is 0 Å². The summed E-state index contributed by atoms with van der Waals surface area (Å²) < 4.78 is 0.683. The molecule has 0 bridgehead atoms. The first-order chi connectivity index (χ1) is 11.4. The number of hydrogen-bond donors (Lipinski definition) is 2. The number of carbonyl (C=O) groups is 2. The Kier molecular flexibility index (Phi) is 6.40. The molecule has 0 saturated heterocycles. The van der Waals surface area contributed by atoms with Crippen molar-refractivity contribution in [3.05, 3.63) is 63.6 Å². The van der Waals surface area contributed by atoms with Gasteiger partial charge in [-0.1, -0.05) is 37.6 Å². The SMILES string of the molecule is CC(C)[C@H](NC(=O)c1ccccc1Br)C(=O)Nc1ccc(Cl)cc1. The van der Waals surface area contributed by atoms with E-state index in [1.807, 2.05) is 19.9 Å². The number of hydrogen-bond acceptors (Lipinski definition) is 2. The summed E-state index contributed by atoms with van der Waals surface area (Å²) in [5.74, 6) is -0.635. The van der Waals surface area contributed by atoms with Crippen LogP contribution in [-0.2, 0) is 4.79 Å². The lowest BCUT2D eigenvalue weighted by Crippen LogP contribution is -2.47. The van der Waals surface area contributed by atoms with Gasteiger partial charge in [-0.2, -0.15) is 0 Å². The summed E-state index contributed by atoms with van der Waals surface area (Å²) in [5.41, 5.74) is 1.12. The van der Waals surface area contributed by atoms with Crippen LogP contribution in [0.3, 0.4) is 0 Å². The molecule has 2 N–H and O–H groups in total. The lowest BCUT2D eigenvalue weighted by molar-refractivity contribution is -0.118. The minimum Gasteiger partial charge on any atom is -0.340 e. The first-order valence-electron chi connectivity index (χ1n) is 7.50. The van der Waals surface area contributed by atoms with Gasteiger partial charge in [-0.25, -0.2) is 0 Å². The van der Waals surface area contributed by atoms with E-state index in [9.17, 15) is 9.59 Å². The van der Waals surface area contributed by atoms with Crippen molar-refractivity contribution >= 4 is 45.0 Å². The van der Waals surface area contributed by atoms with E-state index < -0.39 is 6.04 Å². The molecule has 0 saturated carbocycles. The standard InChI is InChI=1S/C18H18BrClN2O2/c1-11(2)16(18(24)21-13-9-7-12(20)8-10-13)22-17(23)14-5-3-4-6-15(14)19/h3-11,16H,1-2H3,(H,21,24)(H,22,23)/t16-/m0/s1. The Morgan fingerprint density at radius 3 is 2.25 bits per heavy atom. The molecule has 0 aliphatic rings. The highest BCUT2D eigenvalue weighted by Gasteiger charge is 2.25. The normalized spacial score (nSPS) is 11.9. The number of amides is 2. The number of benzene rings is 2. The Morgan fingerprint density at radius 1 is 1.04 bits per heavy atom. The monoisotopic (exact) mass is 408 g/mol.